The van der Waals surface area contributed by atoms with Gasteiger partial charge in [0, 0.05) is 6.20 Å². The molecule has 0 aliphatic heterocycles. The minimum atomic E-state index is 0.0766. The summed E-state index contributed by atoms with van der Waals surface area (Å²) >= 11 is 1.68. The normalized spacial score (nSPS) is 12.6. The molecular formula is C12H16N4S. The maximum Gasteiger partial charge on any atom is 0.126 e. The van der Waals surface area contributed by atoms with Gasteiger partial charge in [-0.1, -0.05) is 6.07 Å². The molecule has 0 radical (unpaired) electrons. The van der Waals surface area contributed by atoms with Crippen molar-refractivity contribution in [3.63, 3.8) is 0 Å². The lowest BCUT2D eigenvalue weighted by atomic mass is 10.00. The van der Waals surface area contributed by atoms with Gasteiger partial charge in [-0.3, -0.25) is 11.3 Å². The lowest BCUT2D eigenvalue weighted by Gasteiger charge is -2.16. The maximum atomic E-state index is 5.84. The summed E-state index contributed by atoms with van der Waals surface area (Å²) < 4.78 is 0. The first-order chi connectivity index (χ1) is 8.22. The highest BCUT2D eigenvalue weighted by Crippen LogP contribution is 2.25. The van der Waals surface area contributed by atoms with E-state index in [0.29, 0.717) is 5.82 Å². The zero-order valence-corrected chi connectivity index (χ0v) is 10.5. The van der Waals surface area contributed by atoms with Gasteiger partial charge < -0.3 is 5.73 Å². The van der Waals surface area contributed by atoms with Gasteiger partial charge in [-0.25, -0.2) is 4.98 Å². The number of hydrogen-bond acceptors (Lipinski definition) is 5. The number of nitrogens with two attached hydrogens (primary N) is 2. The Morgan fingerprint density at radius 3 is 2.88 bits per heavy atom. The molecule has 17 heavy (non-hydrogen) atoms. The lowest BCUT2D eigenvalue weighted by molar-refractivity contribution is 0.551. The van der Waals surface area contributed by atoms with Gasteiger partial charge in [0.15, 0.2) is 0 Å². The highest BCUT2D eigenvalue weighted by molar-refractivity contribution is 7.08. The molecule has 2 rings (SSSR count). The number of nitrogens with zero attached hydrogens (tertiary/aromatic N) is 1. The molecular weight excluding hydrogens is 232 g/mol. The zero-order chi connectivity index (χ0) is 12.3. The van der Waals surface area contributed by atoms with Gasteiger partial charge in [-0.05, 0) is 46.9 Å². The summed E-state index contributed by atoms with van der Waals surface area (Å²) in [7, 11) is 0. The van der Waals surface area contributed by atoms with E-state index in [1.54, 1.807) is 17.5 Å². The predicted molar refractivity (Wildman–Crippen MR) is 71.5 cm³/mol. The molecule has 1 unspecified atom stereocenters. The number of hydrogen-bond donors (Lipinski definition) is 3. The van der Waals surface area contributed by atoms with Gasteiger partial charge in [-0.15, -0.1) is 0 Å². The van der Waals surface area contributed by atoms with Gasteiger partial charge in [0.25, 0.3) is 0 Å². The van der Waals surface area contributed by atoms with Crippen molar-refractivity contribution in [2.45, 2.75) is 19.4 Å². The highest BCUT2D eigenvalue weighted by atomic mass is 32.1. The van der Waals surface area contributed by atoms with Crippen molar-refractivity contribution in [1.82, 2.24) is 10.4 Å². The quantitative estimate of drug-likeness (QED) is 0.569. The summed E-state index contributed by atoms with van der Waals surface area (Å²) in [5.41, 5.74) is 12.2. The molecule has 4 nitrogen and oxygen atoms in total. The molecule has 2 aromatic rings. The number of aryl methyl sites for hydroxylation is 1. The van der Waals surface area contributed by atoms with E-state index in [1.807, 2.05) is 12.1 Å². The van der Waals surface area contributed by atoms with Crippen molar-refractivity contribution in [3.8, 4) is 0 Å². The predicted octanol–water partition coefficient (Wildman–Crippen LogP) is 1.78. The van der Waals surface area contributed by atoms with Crippen LogP contribution in [0.1, 0.15) is 22.7 Å². The molecule has 2 aromatic heterocycles. The fourth-order valence-electron chi connectivity index (χ4n) is 1.83. The third-order valence-corrected chi connectivity index (χ3v) is 3.70. The summed E-state index contributed by atoms with van der Waals surface area (Å²) in [6.07, 6.45) is 2.44. The number of hydrazine groups is 1. The second kappa shape index (κ2) is 5.27. The topological polar surface area (TPSA) is 77.0 Å². The molecule has 0 amide bonds. The molecule has 5 heteroatoms. The summed E-state index contributed by atoms with van der Waals surface area (Å²) in [5.74, 6) is 6.19. The largest absolute Gasteiger partial charge is 0.383 e. The van der Waals surface area contributed by atoms with Crippen LogP contribution < -0.4 is 17.0 Å². The fraction of sp³-hybridized carbons (Fsp3) is 0.250. The Hall–Kier alpha value is -1.43. The lowest BCUT2D eigenvalue weighted by Crippen LogP contribution is -2.30. The fourth-order valence-corrected chi connectivity index (χ4v) is 2.73. The second-order valence-electron chi connectivity index (χ2n) is 3.98. The maximum absolute atomic E-state index is 5.84. The number of rotatable bonds is 4. The SMILES string of the molecule is Cc1cscc1C(Cc1cccnc1N)NN. The Kier molecular flexibility index (Phi) is 3.73. The van der Waals surface area contributed by atoms with Crippen molar-refractivity contribution in [2.75, 3.05) is 5.73 Å². The molecule has 0 aliphatic carbocycles. The van der Waals surface area contributed by atoms with Crippen molar-refractivity contribution in [2.24, 2.45) is 5.84 Å². The summed E-state index contributed by atoms with van der Waals surface area (Å²) in [4.78, 5) is 4.08. The number of aromatic nitrogens is 1. The first-order valence-electron chi connectivity index (χ1n) is 5.40. The van der Waals surface area contributed by atoms with Crippen molar-refractivity contribution >= 4 is 17.2 Å². The first-order valence-corrected chi connectivity index (χ1v) is 6.35. The molecule has 0 spiro atoms. The van der Waals surface area contributed by atoms with Crippen LogP contribution in [0.3, 0.4) is 0 Å². The molecule has 0 bridgehead atoms. The molecule has 90 valence electrons. The number of pyridine rings is 1. The molecule has 0 fully saturated rings. The van der Waals surface area contributed by atoms with Crippen LogP contribution >= 0.6 is 11.3 Å². The molecule has 0 saturated heterocycles. The van der Waals surface area contributed by atoms with Crippen LogP contribution in [0.15, 0.2) is 29.1 Å². The number of thiophene rings is 1. The Balaban J connectivity index is 2.22. The van der Waals surface area contributed by atoms with Gasteiger partial charge in [0.05, 0.1) is 6.04 Å². The van der Waals surface area contributed by atoms with E-state index < -0.39 is 0 Å². The van der Waals surface area contributed by atoms with Crippen molar-refractivity contribution in [3.05, 3.63) is 45.8 Å². The molecule has 0 aliphatic rings. The summed E-state index contributed by atoms with van der Waals surface area (Å²) in [6, 6.07) is 3.95. The van der Waals surface area contributed by atoms with Crippen molar-refractivity contribution < 1.29 is 0 Å². The average Bonchev–Trinajstić information content (AvgIpc) is 2.75. The summed E-state index contributed by atoms with van der Waals surface area (Å²) in [6.45, 7) is 2.09. The number of anilines is 1. The van der Waals surface area contributed by atoms with Crippen LogP contribution in [0, 0.1) is 6.92 Å². The van der Waals surface area contributed by atoms with Gasteiger partial charge in [0.2, 0.25) is 0 Å². The Labute approximate surface area is 105 Å². The van der Waals surface area contributed by atoms with E-state index in [2.05, 4.69) is 28.1 Å². The number of nitrogens with one attached hydrogen (secondary N) is 1. The smallest absolute Gasteiger partial charge is 0.126 e. The van der Waals surface area contributed by atoms with Crippen LogP contribution in [-0.4, -0.2) is 4.98 Å². The van der Waals surface area contributed by atoms with E-state index in [1.165, 1.54) is 11.1 Å². The highest BCUT2D eigenvalue weighted by Gasteiger charge is 2.15. The van der Waals surface area contributed by atoms with E-state index in [-0.39, 0.29) is 6.04 Å². The van der Waals surface area contributed by atoms with Gasteiger partial charge >= 0.3 is 0 Å². The number of nitrogen functional groups attached to an aromatic ring is 1. The minimum absolute atomic E-state index is 0.0766. The van der Waals surface area contributed by atoms with Crippen LogP contribution in [0.5, 0.6) is 0 Å². The third-order valence-electron chi connectivity index (χ3n) is 2.82. The van der Waals surface area contributed by atoms with Crippen LogP contribution in [-0.2, 0) is 6.42 Å². The molecule has 1 atom stereocenters. The van der Waals surface area contributed by atoms with E-state index in [4.69, 9.17) is 11.6 Å². The molecule has 0 saturated carbocycles. The van der Waals surface area contributed by atoms with Gasteiger partial charge in [0.1, 0.15) is 5.82 Å². The summed E-state index contributed by atoms with van der Waals surface area (Å²) in [5, 5.41) is 4.23. The average molecular weight is 248 g/mol. The standard InChI is InChI=1S/C12H16N4S/c1-8-6-17-7-10(8)11(16-14)5-9-3-2-4-15-12(9)13/h2-4,6-7,11,16H,5,14H2,1H3,(H2,13,15). The second-order valence-corrected chi connectivity index (χ2v) is 4.72. The minimum Gasteiger partial charge on any atom is -0.383 e. The van der Waals surface area contributed by atoms with Crippen molar-refractivity contribution in [1.29, 1.82) is 0 Å². The molecule has 2 heterocycles. The first kappa shape index (κ1) is 12.0. The Morgan fingerprint density at radius 1 is 1.47 bits per heavy atom. The van der Waals surface area contributed by atoms with Crippen LogP contribution in [0.25, 0.3) is 0 Å². The van der Waals surface area contributed by atoms with Crippen LogP contribution in [0.4, 0.5) is 5.82 Å². The van der Waals surface area contributed by atoms with Gasteiger partial charge in [-0.2, -0.15) is 11.3 Å². The van der Waals surface area contributed by atoms with E-state index in [9.17, 15) is 0 Å². The van der Waals surface area contributed by atoms with E-state index >= 15 is 0 Å². The molecule has 0 aromatic carbocycles. The Bertz CT molecular complexity index is 495. The monoisotopic (exact) mass is 248 g/mol. The zero-order valence-electron chi connectivity index (χ0n) is 9.68. The van der Waals surface area contributed by atoms with Crippen LogP contribution in [0.2, 0.25) is 0 Å². The van der Waals surface area contributed by atoms with E-state index in [0.717, 1.165) is 12.0 Å². The Morgan fingerprint density at radius 2 is 2.29 bits per heavy atom. The third kappa shape index (κ3) is 2.63. The molecule has 5 N–H and O–H groups in total.